The number of likely N-dealkylation sites (N-methyl/N-ethyl adjacent to an activating group) is 1. The van der Waals surface area contributed by atoms with Crippen LogP contribution in [0.5, 0.6) is 5.88 Å². The molecule has 11 heteroatoms. The minimum Gasteiger partial charge on any atom is -0.493 e. The first-order chi connectivity index (χ1) is 16.0. The van der Waals surface area contributed by atoms with Crippen molar-refractivity contribution in [3.63, 3.8) is 0 Å². The van der Waals surface area contributed by atoms with Crippen molar-refractivity contribution in [1.82, 2.24) is 24.6 Å². The van der Waals surface area contributed by atoms with E-state index in [1.807, 2.05) is 7.05 Å². The summed E-state index contributed by atoms with van der Waals surface area (Å²) in [5, 5.41) is 27.6. The summed E-state index contributed by atoms with van der Waals surface area (Å²) in [5.74, 6) is -0.0289. The van der Waals surface area contributed by atoms with Crippen LogP contribution in [-0.2, 0) is 6.54 Å². The molecule has 0 spiro atoms. The van der Waals surface area contributed by atoms with E-state index in [9.17, 15) is 9.90 Å². The maximum absolute atomic E-state index is 13.1. The quantitative estimate of drug-likeness (QED) is 0.364. The van der Waals surface area contributed by atoms with E-state index in [2.05, 4.69) is 31.1 Å². The van der Waals surface area contributed by atoms with Crippen molar-refractivity contribution in [3.8, 4) is 28.9 Å². The lowest BCUT2D eigenvalue weighted by Gasteiger charge is -2.32. The standard InChI is InChI=1S/C22H21N9O2/c1-29-6-8-30(9-7-29)21(32)18-13-25-20(10-17(18)12-26-28-24)31-22(33)19(14-27-31)16-4-2-15(11-23)3-5-16/h2-5,10,13-14,33H,6-9,12H2,1H3. The second-order valence-corrected chi connectivity index (χ2v) is 7.67. The SMILES string of the molecule is CN1CCN(C(=O)c2cnc(-n3ncc(-c4ccc(C#N)cc4)c3O)cc2CN=[N+]=[N-])CC1. The predicted octanol–water partition coefficient (Wildman–Crippen LogP) is 2.71. The van der Waals surface area contributed by atoms with E-state index in [-0.39, 0.29) is 24.1 Å². The summed E-state index contributed by atoms with van der Waals surface area (Å²) in [7, 11) is 2.01. The number of amides is 1. The van der Waals surface area contributed by atoms with Crippen LogP contribution < -0.4 is 0 Å². The Bertz CT molecular complexity index is 1260. The van der Waals surface area contributed by atoms with Gasteiger partial charge in [0.05, 0.1) is 35.5 Å². The number of rotatable bonds is 5. The first-order valence-electron chi connectivity index (χ1n) is 10.3. The molecule has 0 aliphatic carbocycles. The van der Waals surface area contributed by atoms with Crippen LogP contribution in [0.4, 0.5) is 0 Å². The topological polar surface area (TPSA) is 147 Å². The third kappa shape index (κ3) is 4.48. The van der Waals surface area contributed by atoms with Crippen LogP contribution in [0.25, 0.3) is 27.4 Å². The molecule has 0 radical (unpaired) electrons. The molecule has 2 aromatic heterocycles. The van der Waals surface area contributed by atoms with Gasteiger partial charge in [0.2, 0.25) is 5.88 Å². The lowest BCUT2D eigenvalue weighted by Crippen LogP contribution is -2.47. The average Bonchev–Trinajstić information content (AvgIpc) is 3.23. The molecular formula is C22H21N9O2. The first kappa shape index (κ1) is 21.8. The van der Waals surface area contributed by atoms with Crippen LogP contribution in [-0.4, -0.2) is 68.8 Å². The Balaban J connectivity index is 1.67. The van der Waals surface area contributed by atoms with E-state index >= 15 is 0 Å². The molecule has 4 rings (SSSR count). The van der Waals surface area contributed by atoms with Gasteiger partial charge in [-0.15, -0.1) is 0 Å². The number of nitrogens with zero attached hydrogens (tertiary/aromatic N) is 9. The van der Waals surface area contributed by atoms with Gasteiger partial charge in [-0.05, 0) is 41.9 Å². The highest BCUT2D eigenvalue weighted by Gasteiger charge is 2.24. The fourth-order valence-corrected chi connectivity index (χ4v) is 3.65. The second-order valence-electron chi connectivity index (χ2n) is 7.67. The number of hydrogen-bond acceptors (Lipinski definition) is 7. The van der Waals surface area contributed by atoms with Gasteiger partial charge in [0.25, 0.3) is 5.91 Å². The van der Waals surface area contributed by atoms with E-state index in [0.29, 0.717) is 40.9 Å². The minimum atomic E-state index is -0.173. The number of carbonyl (C=O) groups excluding carboxylic acids is 1. The first-order valence-corrected chi connectivity index (χ1v) is 10.3. The monoisotopic (exact) mass is 443 g/mol. The molecule has 3 heterocycles. The van der Waals surface area contributed by atoms with E-state index in [4.69, 9.17) is 10.8 Å². The lowest BCUT2D eigenvalue weighted by atomic mass is 10.1. The molecule has 1 amide bonds. The summed E-state index contributed by atoms with van der Waals surface area (Å²) >= 11 is 0. The number of nitriles is 1. The largest absolute Gasteiger partial charge is 0.493 e. The Morgan fingerprint density at radius 3 is 2.64 bits per heavy atom. The van der Waals surface area contributed by atoms with E-state index < -0.39 is 0 Å². The number of pyridine rings is 1. The van der Waals surface area contributed by atoms with Gasteiger partial charge in [-0.2, -0.15) is 15.0 Å². The van der Waals surface area contributed by atoms with Crippen molar-refractivity contribution in [2.24, 2.45) is 5.11 Å². The molecule has 0 bridgehead atoms. The van der Waals surface area contributed by atoms with Crippen LogP contribution >= 0.6 is 0 Å². The van der Waals surface area contributed by atoms with Crippen LogP contribution in [0.1, 0.15) is 21.5 Å². The third-order valence-corrected chi connectivity index (χ3v) is 5.59. The maximum atomic E-state index is 13.1. The zero-order chi connectivity index (χ0) is 23.4. The number of aromatic hydroxyl groups is 1. The Morgan fingerprint density at radius 1 is 1.24 bits per heavy atom. The van der Waals surface area contributed by atoms with Crippen molar-refractivity contribution in [1.29, 1.82) is 5.26 Å². The molecule has 0 saturated carbocycles. The molecular weight excluding hydrogens is 422 g/mol. The summed E-state index contributed by atoms with van der Waals surface area (Å²) in [6.45, 7) is 2.73. The highest BCUT2D eigenvalue weighted by Crippen LogP contribution is 2.31. The van der Waals surface area contributed by atoms with Gasteiger partial charge in [-0.25, -0.2) is 4.98 Å². The molecule has 3 aromatic rings. The van der Waals surface area contributed by atoms with E-state index in [1.165, 1.54) is 17.1 Å². The number of aromatic nitrogens is 3. The molecule has 0 unspecified atom stereocenters. The van der Waals surface area contributed by atoms with E-state index in [0.717, 1.165) is 13.1 Å². The van der Waals surface area contributed by atoms with Crippen LogP contribution in [0.15, 0.2) is 47.8 Å². The Hall–Kier alpha value is -4.39. The molecule has 33 heavy (non-hydrogen) atoms. The molecule has 166 valence electrons. The van der Waals surface area contributed by atoms with Gasteiger partial charge >= 0.3 is 0 Å². The van der Waals surface area contributed by atoms with Crippen LogP contribution in [0.3, 0.4) is 0 Å². The number of piperazine rings is 1. The fourth-order valence-electron chi connectivity index (χ4n) is 3.65. The molecule has 0 atom stereocenters. The molecule has 11 nitrogen and oxygen atoms in total. The van der Waals surface area contributed by atoms with E-state index in [1.54, 1.807) is 35.2 Å². The number of benzene rings is 1. The van der Waals surface area contributed by atoms with Gasteiger partial charge in [0.1, 0.15) is 0 Å². The summed E-state index contributed by atoms with van der Waals surface area (Å²) in [4.78, 5) is 24.1. The molecule has 1 aliphatic heterocycles. The van der Waals surface area contributed by atoms with Gasteiger partial charge in [0.15, 0.2) is 5.82 Å². The van der Waals surface area contributed by atoms with Crippen molar-refractivity contribution in [2.75, 3.05) is 33.2 Å². The molecule has 1 N–H and O–H groups in total. The highest BCUT2D eigenvalue weighted by atomic mass is 16.3. The normalized spacial score (nSPS) is 13.9. The van der Waals surface area contributed by atoms with Gasteiger partial charge in [0, 0.05) is 37.3 Å². The summed E-state index contributed by atoms with van der Waals surface area (Å²) < 4.78 is 1.25. The number of carbonyl (C=O) groups is 1. The average molecular weight is 443 g/mol. The van der Waals surface area contributed by atoms with Crippen molar-refractivity contribution in [2.45, 2.75) is 6.54 Å². The number of azide groups is 1. The van der Waals surface area contributed by atoms with Crippen LogP contribution in [0, 0.1) is 11.3 Å². The third-order valence-electron chi connectivity index (χ3n) is 5.59. The summed E-state index contributed by atoms with van der Waals surface area (Å²) in [6, 6.07) is 10.4. The van der Waals surface area contributed by atoms with Crippen molar-refractivity contribution in [3.05, 3.63) is 69.9 Å². The summed E-state index contributed by atoms with van der Waals surface area (Å²) in [6.07, 6.45) is 2.93. The molecule has 1 aliphatic rings. The second kappa shape index (κ2) is 9.40. The number of hydrogen-bond donors (Lipinski definition) is 1. The van der Waals surface area contributed by atoms with Crippen molar-refractivity contribution < 1.29 is 9.90 Å². The van der Waals surface area contributed by atoms with Crippen molar-refractivity contribution >= 4 is 5.91 Å². The summed E-state index contributed by atoms with van der Waals surface area (Å²) in [5.41, 5.74) is 11.3. The molecule has 1 fully saturated rings. The van der Waals surface area contributed by atoms with Gasteiger partial charge < -0.3 is 14.9 Å². The zero-order valence-electron chi connectivity index (χ0n) is 18.0. The Labute approximate surface area is 189 Å². The van der Waals surface area contributed by atoms with Crippen LogP contribution in [0.2, 0.25) is 0 Å². The predicted molar refractivity (Wildman–Crippen MR) is 119 cm³/mol. The zero-order valence-corrected chi connectivity index (χ0v) is 18.0. The fraction of sp³-hybridized carbons (Fsp3) is 0.273. The lowest BCUT2D eigenvalue weighted by molar-refractivity contribution is 0.0662. The highest BCUT2D eigenvalue weighted by molar-refractivity contribution is 5.95. The van der Waals surface area contributed by atoms with Gasteiger partial charge in [-0.3, -0.25) is 4.79 Å². The maximum Gasteiger partial charge on any atom is 0.255 e. The Kier molecular flexibility index (Phi) is 6.22. The smallest absolute Gasteiger partial charge is 0.255 e. The molecule has 1 aromatic carbocycles. The Morgan fingerprint density at radius 2 is 1.97 bits per heavy atom. The molecule has 1 saturated heterocycles. The minimum absolute atomic E-state index is 0.0364. The van der Waals surface area contributed by atoms with Gasteiger partial charge in [-0.1, -0.05) is 17.2 Å².